The van der Waals surface area contributed by atoms with Gasteiger partial charge in [0.25, 0.3) is 5.91 Å². The summed E-state index contributed by atoms with van der Waals surface area (Å²) in [4.78, 5) is 28.5. The molecule has 4 rings (SSSR count). The van der Waals surface area contributed by atoms with Crippen molar-refractivity contribution in [3.05, 3.63) is 47.0 Å². The highest BCUT2D eigenvalue weighted by Gasteiger charge is 2.32. The van der Waals surface area contributed by atoms with E-state index in [4.69, 9.17) is 4.74 Å². The summed E-state index contributed by atoms with van der Waals surface area (Å²) in [5, 5.41) is 5.16. The van der Waals surface area contributed by atoms with Gasteiger partial charge in [0.05, 0.1) is 23.8 Å². The third kappa shape index (κ3) is 4.34. The molecular weight excluding hydrogens is 502 g/mol. The Morgan fingerprint density at radius 1 is 1.24 bits per heavy atom. The Morgan fingerprint density at radius 2 is 2.00 bits per heavy atom. The van der Waals surface area contributed by atoms with Gasteiger partial charge in [-0.25, -0.2) is 0 Å². The molecule has 0 bridgehead atoms. The maximum Gasteiger partial charge on any atom is 0.270 e. The molecule has 8 heteroatoms. The van der Waals surface area contributed by atoms with Gasteiger partial charge in [-0.05, 0) is 62.4 Å². The van der Waals surface area contributed by atoms with Crippen molar-refractivity contribution in [3.8, 4) is 27.4 Å². The van der Waals surface area contributed by atoms with E-state index in [0.717, 1.165) is 33.7 Å². The smallest absolute Gasteiger partial charge is 0.270 e. The second kappa shape index (κ2) is 8.99. The van der Waals surface area contributed by atoms with Gasteiger partial charge in [0.15, 0.2) is 0 Å². The molecule has 174 valence electrons. The van der Waals surface area contributed by atoms with Crippen molar-refractivity contribution in [3.63, 3.8) is 0 Å². The van der Waals surface area contributed by atoms with Crippen molar-refractivity contribution in [1.82, 2.24) is 9.47 Å². The number of alkyl halides is 1. The topological polar surface area (TPSA) is 63.6 Å². The molecule has 1 aliphatic heterocycles. The monoisotopic (exact) mass is 529 g/mol. The van der Waals surface area contributed by atoms with Crippen LogP contribution in [-0.2, 0) is 17.8 Å². The number of hydrogen-bond acceptors (Lipinski definition) is 4. The van der Waals surface area contributed by atoms with Crippen molar-refractivity contribution in [2.45, 2.75) is 39.3 Å². The zero-order valence-electron chi connectivity index (χ0n) is 19.5. The Hall–Kier alpha value is -2.58. The number of carbonyl (C=O) groups excluding carboxylic acids is 2. The molecule has 0 saturated heterocycles. The molecule has 3 heterocycles. The van der Waals surface area contributed by atoms with Crippen LogP contribution in [0, 0.1) is 0 Å². The highest BCUT2D eigenvalue weighted by atomic mass is 79.9. The maximum absolute atomic E-state index is 13.5. The molecule has 2 amide bonds. The van der Waals surface area contributed by atoms with Crippen molar-refractivity contribution < 1.29 is 14.3 Å². The van der Waals surface area contributed by atoms with Crippen LogP contribution in [0.4, 0.5) is 5.69 Å². The van der Waals surface area contributed by atoms with Crippen LogP contribution in [0.3, 0.4) is 0 Å². The van der Waals surface area contributed by atoms with E-state index in [-0.39, 0.29) is 22.7 Å². The Labute approximate surface area is 206 Å². The molecule has 0 atom stereocenters. The Kier molecular flexibility index (Phi) is 6.42. The van der Waals surface area contributed by atoms with Crippen LogP contribution >= 0.6 is 27.3 Å². The normalized spacial score (nSPS) is 12.7. The number of aromatic nitrogens is 1. The number of anilines is 1. The lowest BCUT2D eigenvalue weighted by molar-refractivity contribution is -0.113. The maximum atomic E-state index is 13.5. The van der Waals surface area contributed by atoms with Crippen LogP contribution in [0.15, 0.2) is 35.7 Å². The second-order valence-corrected chi connectivity index (χ2v) is 10.6. The molecule has 0 fully saturated rings. The van der Waals surface area contributed by atoms with Crippen molar-refractivity contribution in [2.24, 2.45) is 0 Å². The predicted octanol–water partition coefficient (Wildman–Crippen LogP) is 5.65. The second-order valence-electron chi connectivity index (χ2n) is 9.10. The summed E-state index contributed by atoms with van der Waals surface area (Å²) in [6.07, 6.45) is 0.767. The Bertz CT molecular complexity index is 1210. The molecule has 0 aliphatic carbocycles. The predicted molar refractivity (Wildman–Crippen MR) is 138 cm³/mol. The van der Waals surface area contributed by atoms with Gasteiger partial charge >= 0.3 is 0 Å². The van der Waals surface area contributed by atoms with Gasteiger partial charge in [-0.15, -0.1) is 11.3 Å². The van der Waals surface area contributed by atoms with E-state index in [1.54, 1.807) is 23.3 Å². The lowest BCUT2D eigenvalue weighted by Crippen LogP contribution is -2.43. The third-order valence-electron chi connectivity index (χ3n) is 6.09. The molecule has 0 saturated carbocycles. The number of methoxy groups -OCH3 is 1. The van der Waals surface area contributed by atoms with E-state index in [0.29, 0.717) is 23.7 Å². The lowest BCUT2D eigenvalue weighted by atomic mass is 9.94. The number of nitrogens with zero attached hydrogens (tertiary/aromatic N) is 2. The minimum absolute atomic E-state index is 0.00340. The molecule has 1 aromatic carbocycles. The summed E-state index contributed by atoms with van der Waals surface area (Å²) in [6.45, 7) is 6.80. The minimum Gasteiger partial charge on any atom is -0.495 e. The standard InChI is InChI=1S/C25H28BrN3O3S/c1-25(2,3)28(4)24(31)19-13-17(21-7-6-10-33-21)23-16-12-18(27-22(30)14-26)20(32-5)11-15(16)8-9-29(19)23/h6-7,10-13H,8-9,14H2,1-5H3,(H,27,30). The van der Waals surface area contributed by atoms with E-state index in [1.165, 1.54) is 0 Å². The van der Waals surface area contributed by atoms with Crippen LogP contribution in [0.5, 0.6) is 5.75 Å². The molecule has 0 spiro atoms. The summed E-state index contributed by atoms with van der Waals surface area (Å²) in [7, 11) is 3.45. The zero-order chi connectivity index (χ0) is 23.9. The van der Waals surface area contributed by atoms with Crippen molar-refractivity contribution >= 4 is 44.8 Å². The summed E-state index contributed by atoms with van der Waals surface area (Å²) < 4.78 is 7.69. The molecule has 2 aromatic heterocycles. The first-order chi connectivity index (χ1) is 15.7. The fourth-order valence-electron chi connectivity index (χ4n) is 4.08. The van der Waals surface area contributed by atoms with Crippen LogP contribution < -0.4 is 10.1 Å². The van der Waals surface area contributed by atoms with Gasteiger partial charge in [-0.3, -0.25) is 9.59 Å². The number of ether oxygens (including phenoxy) is 1. The van der Waals surface area contributed by atoms with Gasteiger partial charge in [0.1, 0.15) is 11.4 Å². The summed E-state index contributed by atoms with van der Waals surface area (Å²) >= 11 is 4.86. The zero-order valence-corrected chi connectivity index (χ0v) is 21.9. The average Bonchev–Trinajstić information content (AvgIpc) is 3.44. The third-order valence-corrected chi connectivity index (χ3v) is 7.51. The van der Waals surface area contributed by atoms with Crippen LogP contribution in [0.1, 0.15) is 36.8 Å². The lowest BCUT2D eigenvalue weighted by Gasteiger charge is -2.32. The molecular formula is C25H28BrN3O3S. The number of aryl methyl sites for hydroxylation is 1. The summed E-state index contributed by atoms with van der Waals surface area (Å²) in [6, 6.07) is 10.1. The van der Waals surface area contributed by atoms with Crippen LogP contribution in [0.2, 0.25) is 0 Å². The molecule has 6 nitrogen and oxygen atoms in total. The molecule has 33 heavy (non-hydrogen) atoms. The number of halogens is 1. The number of carbonyl (C=O) groups is 2. The number of rotatable bonds is 5. The molecule has 3 aromatic rings. The number of fused-ring (bicyclic) bond motifs is 3. The van der Waals surface area contributed by atoms with E-state index in [9.17, 15) is 9.59 Å². The van der Waals surface area contributed by atoms with Gasteiger partial charge in [0, 0.05) is 35.1 Å². The number of nitrogens with one attached hydrogen (secondary N) is 1. The van der Waals surface area contributed by atoms with Gasteiger partial charge < -0.3 is 19.5 Å². The molecule has 1 aliphatic rings. The Morgan fingerprint density at radius 3 is 2.61 bits per heavy atom. The summed E-state index contributed by atoms with van der Waals surface area (Å²) in [5.41, 5.74) is 5.17. The Balaban J connectivity index is 1.93. The van der Waals surface area contributed by atoms with Gasteiger partial charge in [-0.2, -0.15) is 0 Å². The van der Waals surface area contributed by atoms with E-state index < -0.39 is 0 Å². The largest absolute Gasteiger partial charge is 0.495 e. The van der Waals surface area contributed by atoms with Gasteiger partial charge in [0.2, 0.25) is 5.91 Å². The first-order valence-electron chi connectivity index (χ1n) is 10.8. The molecule has 1 N–H and O–H groups in total. The van der Waals surface area contributed by atoms with E-state index >= 15 is 0 Å². The first kappa shape index (κ1) is 23.6. The SMILES string of the molecule is COc1cc2c(cc1NC(=O)CBr)-c1c(-c3cccs3)cc(C(=O)N(C)C(C)(C)C)n1CC2. The van der Waals surface area contributed by atoms with Crippen molar-refractivity contribution in [1.29, 1.82) is 0 Å². The molecule has 0 radical (unpaired) electrons. The van der Waals surface area contributed by atoms with Crippen LogP contribution in [0.25, 0.3) is 21.7 Å². The fraction of sp³-hybridized carbons (Fsp3) is 0.360. The fourth-order valence-corrected chi connectivity index (χ4v) is 4.96. The molecule has 0 unspecified atom stereocenters. The number of hydrogen-bond donors (Lipinski definition) is 1. The highest BCUT2D eigenvalue weighted by Crippen LogP contribution is 2.44. The highest BCUT2D eigenvalue weighted by molar-refractivity contribution is 9.09. The minimum atomic E-state index is -0.294. The van der Waals surface area contributed by atoms with Gasteiger partial charge in [-0.1, -0.05) is 22.0 Å². The number of amides is 2. The average molecular weight is 530 g/mol. The first-order valence-corrected chi connectivity index (χ1v) is 12.8. The summed E-state index contributed by atoms with van der Waals surface area (Å²) in [5.74, 6) is 0.474. The van der Waals surface area contributed by atoms with Crippen molar-refractivity contribution in [2.75, 3.05) is 24.8 Å². The number of benzene rings is 1. The number of thiophene rings is 1. The van der Waals surface area contributed by atoms with E-state index in [1.807, 2.05) is 57.5 Å². The quantitative estimate of drug-likeness (QED) is 0.434. The van der Waals surface area contributed by atoms with Crippen LogP contribution in [-0.4, -0.2) is 46.3 Å². The van der Waals surface area contributed by atoms with E-state index in [2.05, 4.69) is 31.9 Å².